The molecule has 3 aromatic rings. The lowest BCUT2D eigenvalue weighted by atomic mass is 9.85. The molecule has 1 saturated carbocycles. The SMILES string of the molecule is Cc1onc2c1c(=O)n(C1CCCC(CN)C1)c1cccc(Cl)c21. The maximum Gasteiger partial charge on any atom is 0.264 e. The van der Waals surface area contributed by atoms with Crippen molar-refractivity contribution in [3.63, 3.8) is 0 Å². The van der Waals surface area contributed by atoms with E-state index in [-0.39, 0.29) is 11.6 Å². The number of nitrogens with two attached hydrogens (primary N) is 1. The predicted molar refractivity (Wildman–Crippen MR) is 95.6 cm³/mol. The molecule has 2 heterocycles. The highest BCUT2D eigenvalue weighted by atomic mass is 35.5. The maximum absolute atomic E-state index is 13.2. The molecule has 2 atom stereocenters. The van der Waals surface area contributed by atoms with E-state index in [2.05, 4.69) is 5.16 Å². The van der Waals surface area contributed by atoms with Gasteiger partial charge in [0.1, 0.15) is 16.7 Å². The smallest absolute Gasteiger partial charge is 0.264 e. The number of halogens is 1. The number of benzene rings is 1. The van der Waals surface area contributed by atoms with Crippen LogP contribution in [0.1, 0.15) is 37.5 Å². The van der Waals surface area contributed by atoms with Crippen molar-refractivity contribution >= 4 is 33.4 Å². The molecule has 1 aliphatic carbocycles. The molecular weight excluding hydrogens is 326 g/mol. The first kappa shape index (κ1) is 15.7. The fourth-order valence-corrected chi connectivity index (χ4v) is 4.31. The second-order valence-corrected chi connectivity index (χ2v) is 7.10. The van der Waals surface area contributed by atoms with E-state index in [1.165, 1.54) is 0 Å². The van der Waals surface area contributed by atoms with Crippen molar-refractivity contribution in [1.82, 2.24) is 9.72 Å². The third kappa shape index (κ3) is 2.26. The van der Waals surface area contributed by atoms with Gasteiger partial charge in [0, 0.05) is 11.4 Å². The number of aryl methyl sites for hydroxylation is 1. The van der Waals surface area contributed by atoms with Crippen LogP contribution in [0, 0.1) is 12.8 Å². The lowest BCUT2D eigenvalue weighted by Crippen LogP contribution is -2.31. The van der Waals surface area contributed by atoms with Crippen LogP contribution in [0.3, 0.4) is 0 Å². The van der Waals surface area contributed by atoms with Crippen LogP contribution in [0.2, 0.25) is 5.02 Å². The van der Waals surface area contributed by atoms with Gasteiger partial charge in [-0.3, -0.25) is 4.79 Å². The van der Waals surface area contributed by atoms with Crippen LogP contribution in [0.25, 0.3) is 21.8 Å². The van der Waals surface area contributed by atoms with E-state index < -0.39 is 0 Å². The molecule has 1 aliphatic rings. The third-order valence-electron chi connectivity index (χ3n) is 5.24. The summed E-state index contributed by atoms with van der Waals surface area (Å²) in [5.41, 5.74) is 7.23. The minimum atomic E-state index is -0.0406. The first-order chi connectivity index (χ1) is 11.6. The van der Waals surface area contributed by atoms with Gasteiger partial charge in [-0.2, -0.15) is 0 Å². The molecule has 0 amide bonds. The maximum atomic E-state index is 13.2. The Morgan fingerprint density at radius 1 is 1.38 bits per heavy atom. The molecule has 0 bridgehead atoms. The average molecular weight is 346 g/mol. The molecular formula is C18H20ClN3O2. The number of hydrogen-bond acceptors (Lipinski definition) is 4. The van der Waals surface area contributed by atoms with E-state index in [0.29, 0.717) is 34.1 Å². The molecule has 2 unspecified atom stereocenters. The highest BCUT2D eigenvalue weighted by Crippen LogP contribution is 2.36. The number of rotatable bonds is 2. The van der Waals surface area contributed by atoms with Crippen LogP contribution in [0.5, 0.6) is 0 Å². The van der Waals surface area contributed by atoms with Crippen LogP contribution in [-0.2, 0) is 0 Å². The minimum Gasteiger partial charge on any atom is -0.360 e. The van der Waals surface area contributed by atoms with Gasteiger partial charge < -0.3 is 14.8 Å². The monoisotopic (exact) mass is 345 g/mol. The van der Waals surface area contributed by atoms with Gasteiger partial charge in [-0.1, -0.05) is 29.2 Å². The minimum absolute atomic E-state index is 0.0406. The van der Waals surface area contributed by atoms with E-state index in [4.69, 9.17) is 21.9 Å². The lowest BCUT2D eigenvalue weighted by molar-refractivity contribution is 0.273. The van der Waals surface area contributed by atoms with E-state index in [0.717, 1.165) is 36.6 Å². The van der Waals surface area contributed by atoms with Gasteiger partial charge in [-0.25, -0.2) is 0 Å². The van der Waals surface area contributed by atoms with Gasteiger partial charge >= 0.3 is 0 Å². The van der Waals surface area contributed by atoms with Gasteiger partial charge in [-0.15, -0.1) is 0 Å². The summed E-state index contributed by atoms with van der Waals surface area (Å²) in [6.07, 6.45) is 4.12. The van der Waals surface area contributed by atoms with Crippen molar-refractivity contribution in [3.8, 4) is 0 Å². The van der Waals surface area contributed by atoms with Crippen molar-refractivity contribution in [2.75, 3.05) is 6.54 Å². The summed E-state index contributed by atoms with van der Waals surface area (Å²) >= 11 is 6.45. The number of fused-ring (bicyclic) bond motifs is 3. The van der Waals surface area contributed by atoms with Crippen LogP contribution in [0.15, 0.2) is 27.5 Å². The Morgan fingerprint density at radius 2 is 2.21 bits per heavy atom. The summed E-state index contributed by atoms with van der Waals surface area (Å²) in [6.45, 7) is 2.44. The molecule has 0 saturated heterocycles. The number of nitrogens with zero attached hydrogens (tertiary/aromatic N) is 2. The highest BCUT2D eigenvalue weighted by molar-refractivity contribution is 6.37. The predicted octanol–water partition coefficient (Wildman–Crippen LogP) is 3.79. The molecule has 6 heteroatoms. The molecule has 2 N–H and O–H groups in total. The van der Waals surface area contributed by atoms with Gasteiger partial charge in [0.25, 0.3) is 5.56 Å². The number of hydrogen-bond donors (Lipinski definition) is 1. The Hall–Kier alpha value is -1.85. The Morgan fingerprint density at radius 3 is 3.00 bits per heavy atom. The summed E-state index contributed by atoms with van der Waals surface area (Å²) in [6, 6.07) is 5.78. The largest absolute Gasteiger partial charge is 0.360 e. The van der Waals surface area contributed by atoms with Crippen LogP contribution >= 0.6 is 11.6 Å². The van der Waals surface area contributed by atoms with Crippen molar-refractivity contribution in [1.29, 1.82) is 0 Å². The fraction of sp³-hybridized carbons (Fsp3) is 0.444. The second-order valence-electron chi connectivity index (χ2n) is 6.69. The van der Waals surface area contributed by atoms with Crippen LogP contribution in [-0.4, -0.2) is 16.3 Å². The van der Waals surface area contributed by atoms with Crippen molar-refractivity contribution < 1.29 is 4.52 Å². The summed E-state index contributed by atoms with van der Waals surface area (Å²) in [4.78, 5) is 13.2. The van der Waals surface area contributed by atoms with E-state index in [9.17, 15) is 4.79 Å². The molecule has 24 heavy (non-hydrogen) atoms. The van der Waals surface area contributed by atoms with E-state index in [1.807, 2.05) is 22.8 Å². The zero-order valence-electron chi connectivity index (χ0n) is 13.6. The van der Waals surface area contributed by atoms with Crippen molar-refractivity contribution in [2.45, 2.75) is 38.6 Å². The molecule has 1 fully saturated rings. The Bertz CT molecular complexity index is 976. The molecule has 2 aromatic heterocycles. The summed E-state index contributed by atoms with van der Waals surface area (Å²) in [7, 11) is 0. The zero-order chi connectivity index (χ0) is 16.8. The first-order valence-electron chi connectivity index (χ1n) is 8.40. The topological polar surface area (TPSA) is 74.0 Å². The molecule has 5 nitrogen and oxygen atoms in total. The Balaban J connectivity index is 2.06. The average Bonchev–Trinajstić information content (AvgIpc) is 2.97. The number of aromatic nitrogens is 2. The molecule has 4 rings (SSSR count). The van der Waals surface area contributed by atoms with Gasteiger partial charge in [0.05, 0.1) is 10.5 Å². The van der Waals surface area contributed by atoms with E-state index in [1.54, 1.807) is 6.92 Å². The molecule has 0 spiro atoms. The molecule has 0 radical (unpaired) electrons. The first-order valence-corrected chi connectivity index (χ1v) is 8.78. The Kier molecular flexibility index (Phi) is 3.85. The van der Waals surface area contributed by atoms with Crippen LogP contribution in [0.4, 0.5) is 0 Å². The zero-order valence-corrected chi connectivity index (χ0v) is 14.3. The summed E-state index contributed by atoms with van der Waals surface area (Å²) in [5, 5.41) is 6.01. The van der Waals surface area contributed by atoms with Crippen molar-refractivity contribution in [2.24, 2.45) is 11.7 Å². The lowest BCUT2D eigenvalue weighted by Gasteiger charge is -2.30. The standard InChI is InChI=1S/C18H20ClN3O2/c1-10-15-17(21-24-10)16-13(19)6-3-7-14(16)22(18(15)23)12-5-2-4-11(8-12)9-20/h3,6-7,11-12H,2,4-5,8-9,20H2,1H3. The Labute approximate surface area is 144 Å². The number of pyridine rings is 1. The van der Waals surface area contributed by atoms with Crippen molar-refractivity contribution in [3.05, 3.63) is 39.3 Å². The summed E-state index contributed by atoms with van der Waals surface area (Å²) in [5.74, 6) is 1.00. The third-order valence-corrected chi connectivity index (χ3v) is 5.55. The summed E-state index contributed by atoms with van der Waals surface area (Å²) < 4.78 is 7.20. The normalized spacial score (nSPS) is 21.6. The van der Waals surface area contributed by atoms with Gasteiger partial charge in [-0.05, 0) is 50.8 Å². The van der Waals surface area contributed by atoms with E-state index >= 15 is 0 Å². The second kappa shape index (κ2) is 5.90. The van der Waals surface area contributed by atoms with Gasteiger partial charge in [0.2, 0.25) is 0 Å². The highest BCUT2D eigenvalue weighted by Gasteiger charge is 2.27. The fourth-order valence-electron chi connectivity index (χ4n) is 4.05. The van der Waals surface area contributed by atoms with Crippen LogP contribution < -0.4 is 11.3 Å². The molecule has 126 valence electrons. The van der Waals surface area contributed by atoms with Gasteiger partial charge in [0.15, 0.2) is 0 Å². The molecule has 1 aromatic carbocycles. The quantitative estimate of drug-likeness (QED) is 0.766. The molecule has 0 aliphatic heterocycles.